The van der Waals surface area contributed by atoms with Crippen LogP contribution < -0.4 is 0 Å². The van der Waals surface area contributed by atoms with Crippen molar-refractivity contribution in [1.82, 2.24) is 0 Å². The van der Waals surface area contributed by atoms with E-state index in [4.69, 9.17) is 0 Å². The molecule has 0 atom stereocenters. The zero-order valence-electron chi connectivity index (χ0n) is 18.1. The number of hydrogen-bond acceptors (Lipinski definition) is 6. The first-order valence-corrected chi connectivity index (χ1v) is 13.3. The van der Waals surface area contributed by atoms with Gasteiger partial charge in [0.25, 0.3) is 0 Å². The molecule has 7 heteroatoms. The molecule has 1 aromatic carbocycles. The summed E-state index contributed by atoms with van der Waals surface area (Å²) in [6, 6.07) is 3.91. The number of aliphatic hydroxyl groups excluding tert-OH is 3. The van der Waals surface area contributed by atoms with E-state index in [0.717, 1.165) is 31.2 Å². The lowest BCUT2D eigenvalue weighted by molar-refractivity contribution is 0.120. The average Bonchev–Trinajstić information content (AvgIpc) is 2.74. The average molecular weight is 452 g/mol. The van der Waals surface area contributed by atoms with E-state index in [1.54, 1.807) is 0 Å². The summed E-state index contributed by atoms with van der Waals surface area (Å²) in [5, 5.41) is 29.8. The van der Waals surface area contributed by atoms with Gasteiger partial charge < -0.3 is 19.9 Å². The van der Waals surface area contributed by atoms with Crippen molar-refractivity contribution in [3.63, 3.8) is 0 Å². The number of benzene rings is 1. The van der Waals surface area contributed by atoms with Gasteiger partial charge >= 0.3 is 0 Å². The second-order valence-corrected chi connectivity index (χ2v) is 11.3. The first-order valence-electron chi connectivity index (χ1n) is 11.9. The maximum atomic E-state index is 12.5. The van der Waals surface area contributed by atoms with E-state index >= 15 is 0 Å². The normalized spacial score (nSPS) is 35.1. The zero-order valence-corrected chi connectivity index (χ0v) is 18.9. The molecule has 0 heterocycles. The summed E-state index contributed by atoms with van der Waals surface area (Å²) in [5.41, 5.74) is 2.37. The van der Waals surface area contributed by atoms with Crippen LogP contribution in [-0.4, -0.2) is 46.6 Å². The van der Waals surface area contributed by atoms with E-state index in [-0.39, 0.29) is 41.0 Å². The van der Waals surface area contributed by atoms with E-state index in [2.05, 4.69) is 0 Å². The standard InChI is InChI=1S/C24H36O6S/c25-19-7-1-15(2-8-19)18-13-22(16-3-9-20(26)10-4-16)24(31(28,29)30)23(14-18)17-5-11-21(27)12-6-17/h13-17,19-21,25-27H,1-12H2,(H,28,29,30)/p-1. The Morgan fingerprint density at radius 1 is 0.613 bits per heavy atom. The Labute approximate surface area is 185 Å². The fourth-order valence-electron chi connectivity index (χ4n) is 6.01. The quantitative estimate of drug-likeness (QED) is 0.602. The highest BCUT2D eigenvalue weighted by Crippen LogP contribution is 2.45. The van der Waals surface area contributed by atoms with Gasteiger partial charge in [-0.05, 0) is 111 Å². The van der Waals surface area contributed by atoms with E-state index in [0.29, 0.717) is 62.5 Å². The topological polar surface area (TPSA) is 118 Å². The predicted molar refractivity (Wildman–Crippen MR) is 116 cm³/mol. The molecule has 0 aromatic heterocycles. The van der Waals surface area contributed by atoms with Crippen LogP contribution in [0.3, 0.4) is 0 Å². The smallest absolute Gasteiger partial charge is 0.124 e. The monoisotopic (exact) mass is 451 g/mol. The minimum atomic E-state index is -4.66. The van der Waals surface area contributed by atoms with Crippen molar-refractivity contribution in [2.45, 2.75) is 118 Å². The predicted octanol–water partition coefficient (Wildman–Crippen LogP) is 3.65. The SMILES string of the molecule is O=S(=O)([O-])c1c(C2CCC(O)CC2)cc(C2CCC(O)CC2)cc1C1CCC(O)CC1. The van der Waals surface area contributed by atoms with Crippen molar-refractivity contribution in [3.05, 3.63) is 28.8 Å². The van der Waals surface area contributed by atoms with Gasteiger partial charge in [0.05, 0.1) is 23.2 Å². The molecular formula is C24H35O6S-. The van der Waals surface area contributed by atoms with Crippen LogP contribution >= 0.6 is 0 Å². The first-order chi connectivity index (χ1) is 14.7. The lowest BCUT2D eigenvalue weighted by Gasteiger charge is -2.34. The second-order valence-electron chi connectivity index (χ2n) is 10.00. The van der Waals surface area contributed by atoms with Crippen molar-refractivity contribution in [2.24, 2.45) is 0 Å². The lowest BCUT2D eigenvalue weighted by Crippen LogP contribution is -2.23. The summed E-state index contributed by atoms with van der Waals surface area (Å²) in [5.74, 6) is 0.182. The maximum absolute atomic E-state index is 12.5. The van der Waals surface area contributed by atoms with Crippen LogP contribution in [0.25, 0.3) is 0 Å². The van der Waals surface area contributed by atoms with Crippen LogP contribution in [0.4, 0.5) is 0 Å². The van der Waals surface area contributed by atoms with Gasteiger partial charge in [0, 0.05) is 0 Å². The molecule has 174 valence electrons. The summed E-state index contributed by atoms with van der Waals surface area (Å²) in [6.07, 6.45) is 7.41. The van der Waals surface area contributed by atoms with Crippen LogP contribution in [-0.2, 0) is 10.1 Å². The Morgan fingerprint density at radius 3 is 1.26 bits per heavy atom. The largest absolute Gasteiger partial charge is 0.744 e. The molecule has 1 aromatic rings. The van der Waals surface area contributed by atoms with Crippen LogP contribution in [0.15, 0.2) is 17.0 Å². The Kier molecular flexibility index (Phi) is 7.08. The zero-order chi connectivity index (χ0) is 22.2. The van der Waals surface area contributed by atoms with Crippen molar-refractivity contribution in [1.29, 1.82) is 0 Å². The molecule has 0 saturated heterocycles. The Bertz CT molecular complexity index is 815. The number of aliphatic hydroxyl groups is 3. The van der Waals surface area contributed by atoms with Gasteiger partial charge in [0.15, 0.2) is 0 Å². The third-order valence-electron chi connectivity index (χ3n) is 7.86. The van der Waals surface area contributed by atoms with Crippen molar-refractivity contribution < 1.29 is 28.3 Å². The highest BCUT2D eigenvalue weighted by molar-refractivity contribution is 7.85. The fraction of sp³-hybridized carbons (Fsp3) is 0.750. The minimum absolute atomic E-state index is 0.0325. The first kappa shape index (κ1) is 23.2. The Morgan fingerprint density at radius 2 is 0.935 bits per heavy atom. The van der Waals surface area contributed by atoms with Crippen molar-refractivity contribution >= 4 is 10.1 Å². The van der Waals surface area contributed by atoms with Gasteiger partial charge in [-0.3, -0.25) is 0 Å². The highest BCUT2D eigenvalue weighted by atomic mass is 32.2. The maximum Gasteiger partial charge on any atom is 0.124 e. The van der Waals surface area contributed by atoms with Gasteiger partial charge in [0.1, 0.15) is 10.1 Å². The number of hydrogen-bond donors (Lipinski definition) is 3. The van der Waals surface area contributed by atoms with Gasteiger partial charge in [-0.1, -0.05) is 12.1 Å². The Hall–Kier alpha value is -0.990. The molecule has 3 fully saturated rings. The molecule has 0 unspecified atom stereocenters. The Balaban J connectivity index is 1.80. The summed E-state index contributed by atoms with van der Waals surface area (Å²) >= 11 is 0. The van der Waals surface area contributed by atoms with E-state index in [1.165, 1.54) is 0 Å². The van der Waals surface area contributed by atoms with Crippen molar-refractivity contribution in [2.75, 3.05) is 0 Å². The van der Waals surface area contributed by atoms with E-state index < -0.39 is 10.1 Å². The van der Waals surface area contributed by atoms with Gasteiger partial charge in [-0.15, -0.1) is 0 Å². The molecule has 3 saturated carbocycles. The molecule has 6 nitrogen and oxygen atoms in total. The molecule has 4 rings (SSSR count). The summed E-state index contributed by atoms with van der Waals surface area (Å²) in [4.78, 5) is -0.0325. The third kappa shape index (κ3) is 5.33. The molecule has 0 aliphatic heterocycles. The summed E-state index contributed by atoms with van der Waals surface area (Å²) in [6.45, 7) is 0. The van der Waals surface area contributed by atoms with Gasteiger partial charge in [-0.2, -0.15) is 0 Å². The molecule has 0 radical (unpaired) electrons. The van der Waals surface area contributed by atoms with Crippen molar-refractivity contribution in [3.8, 4) is 0 Å². The van der Waals surface area contributed by atoms with Crippen LogP contribution in [0.1, 0.15) is 111 Å². The van der Waals surface area contributed by atoms with Crippen LogP contribution in [0, 0.1) is 0 Å². The molecular weight excluding hydrogens is 416 g/mol. The molecule has 0 bridgehead atoms. The fourth-order valence-corrected chi connectivity index (χ4v) is 7.04. The molecule has 0 spiro atoms. The summed E-state index contributed by atoms with van der Waals surface area (Å²) in [7, 11) is -4.66. The number of rotatable bonds is 4. The highest BCUT2D eigenvalue weighted by Gasteiger charge is 2.32. The molecule has 0 amide bonds. The van der Waals surface area contributed by atoms with Crippen LogP contribution in [0.2, 0.25) is 0 Å². The molecule has 3 N–H and O–H groups in total. The lowest BCUT2D eigenvalue weighted by atomic mass is 9.75. The van der Waals surface area contributed by atoms with Gasteiger partial charge in [-0.25, -0.2) is 8.42 Å². The second kappa shape index (κ2) is 9.48. The molecule has 3 aliphatic rings. The minimum Gasteiger partial charge on any atom is -0.744 e. The molecule has 3 aliphatic carbocycles. The van der Waals surface area contributed by atoms with E-state index in [1.807, 2.05) is 12.1 Å². The molecule has 31 heavy (non-hydrogen) atoms. The summed E-state index contributed by atoms with van der Waals surface area (Å²) < 4.78 is 37.6. The van der Waals surface area contributed by atoms with E-state index in [9.17, 15) is 28.3 Å². The van der Waals surface area contributed by atoms with Gasteiger partial charge in [0.2, 0.25) is 0 Å². The van der Waals surface area contributed by atoms with Crippen LogP contribution in [0.5, 0.6) is 0 Å². The third-order valence-corrected chi connectivity index (χ3v) is 8.83.